The number of hydrogen-bond donors (Lipinski definition) is 2. The van der Waals surface area contributed by atoms with Gasteiger partial charge in [0.1, 0.15) is 11.6 Å². The molecule has 0 atom stereocenters. The second kappa shape index (κ2) is 7.55. The maximum atomic E-state index is 13.3. The van der Waals surface area contributed by atoms with Crippen LogP contribution in [-0.2, 0) is 19.6 Å². The van der Waals surface area contributed by atoms with E-state index in [4.69, 9.17) is 0 Å². The van der Waals surface area contributed by atoms with Crippen molar-refractivity contribution in [1.82, 2.24) is 19.1 Å². The first-order valence-corrected chi connectivity index (χ1v) is 8.76. The number of imidazole rings is 1. The third-order valence-electron chi connectivity index (χ3n) is 4.29. The van der Waals surface area contributed by atoms with Crippen LogP contribution in [0.5, 0.6) is 0 Å². The molecule has 0 amide bonds. The average molecular weight is 359 g/mol. The molecule has 0 aliphatic rings. The summed E-state index contributed by atoms with van der Waals surface area (Å²) in [6, 6.07) is 6.14. The highest BCUT2D eigenvalue weighted by atomic mass is 19.1. The lowest BCUT2D eigenvalue weighted by Gasteiger charge is -2.08. The van der Waals surface area contributed by atoms with Crippen molar-refractivity contribution in [2.75, 3.05) is 5.32 Å². The monoisotopic (exact) mass is 359 g/mol. The predicted molar refractivity (Wildman–Crippen MR) is 98.9 cm³/mol. The fourth-order valence-corrected chi connectivity index (χ4v) is 3.00. The number of benzene rings is 1. The average Bonchev–Trinajstić information content (AvgIpc) is 2.99. The lowest BCUT2D eigenvalue weighted by Crippen LogP contribution is -2.31. The normalized spacial score (nSPS) is 11.2. The van der Waals surface area contributed by atoms with Crippen molar-refractivity contribution in [3.05, 3.63) is 56.7 Å². The lowest BCUT2D eigenvalue weighted by molar-refractivity contribution is 0.613. The van der Waals surface area contributed by atoms with Gasteiger partial charge in [0.15, 0.2) is 11.2 Å². The molecule has 0 fully saturated rings. The Morgan fingerprint density at radius 3 is 2.73 bits per heavy atom. The van der Waals surface area contributed by atoms with Crippen molar-refractivity contribution >= 4 is 16.9 Å². The highest BCUT2D eigenvalue weighted by molar-refractivity contribution is 5.71. The van der Waals surface area contributed by atoms with E-state index in [1.807, 2.05) is 13.8 Å². The number of nitrogens with one attached hydrogen (secondary N) is 2. The molecule has 7 nitrogen and oxygen atoms in total. The minimum absolute atomic E-state index is 0.313. The number of rotatable bonds is 7. The number of anilines is 1. The first-order valence-electron chi connectivity index (χ1n) is 8.76. The molecule has 8 heteroatoms. The molecule has 0 radical (unpaired) electrons. The van der Waals surface area contributed by atoms with Gasteiger partial charge in [-0.25, -0.2) is 14.2 Å². The SMILES string of the molecule is CCCCn1c(=O)[nH]c(=O)c2c1nc(CNc1cccc(F)c1)n2CC. The van der Waals surface area contributed by atoms with E-state index >= 15 is 0 Å². The van der Waals surface area contributed by atoms with Crippen LogP contribution in [0.1, 0.15) is 32.5 Å². The number of halogens is 1. The zero-order chi connectivity index (χ0) is 18.7. The molecule has 0 saturated carbocycles. The second-order valence-corrected chi connectivity index (χ2v) is 6.07. The van der Waals surface area contributed by atoms with Crippen LogP contribution in [0.2, 0.25) is 0 Å². The second-order valence-electron chi connectivity index (χ2n) is 6.07. The van der Waals surface area contributed by atoms with Gasteiger partial charge in [-0.2, -0.15) is 0 Å². The molecule has 0 spiro atoms. The maximum absolute atomic E-state index is 13.3. The van der Waals surface area contributed by atoms with Crippen LogP contribution >= 0.6 is 0 Å². The van der Waals surface area contributed by atoms with Crippen LogP contribution in [0.4, 0.5) is 10.1 Å². The van der Waals surface area contributed by atoms with Crippen LogP contribution in [0.3, 0.4) is 0 Å². The van der Waals surface area contributed by atoms with Crippen LogP contribution < -0.4 is 16.6 Å². The Hall–Kier alpha value is -2.90. The smallest absolute Gasteiger partial charge is 0.330 e. The summed E-state index contributed by atoms with van der Waals surface area (Å²) in [5.41, 5.74) is 0.520. The van der Waals surface area contributed by atoms with Gasteiger partial charge >= 0.3 is 5.69 Å². The molecule has 2 heterocycles. The Labute approximate surface area is 149 Å². The molecule has 0 bridgehead atoms. The third kappa shape index (κ3) is 3.40. The first kappa shape index (κ1) is 17.9. The van der Waals surface area contributed by atoms with E-state index in [0.29, 0.717) is 42.3 Å². The number of aromatic amines is 1. The summed E-state index contributed by atoms with van der Waals surface area (Å²) in [6.45, 7) is 5.29. The van der Waals surface area contributed by atoms with Gasteiger partial charge in [0, 0.05) is 18.8 Å². The number of fused-ring (bicyclic) bond motifs is 1. The van der Waals surface area contributed by atoms with E-state index in [1.165, 1.54) is 16.7 Å². The minimum atomic E-state index is -0.443. The molecule has 3 rings (SSSR count). The Balaban J connectivity index is 2.04. The van der Waals surface area contributed by atoms with Gasteiger partial charge in [-0.3, -0.25) is 14.3 Å². The Kier molecular flexibility index (Phi) is 5.20. The van der Waals surface area contributed by atoms with E-state index in [0.717, 1.165) is 12.8 Å². The van der Waals surface area contributed by atoms with Gasteiger partial charge in [0.2, 0.25) is 0 Å². The van der Waals surface area contributed by atoms with Gasteiger partial charge in [0.25, 0.3) is 5.56 Å². The first-order chi connectivity index (χ1) is 12.5. The zero-order valence-electron chi connectivity index (χ0n) is 14.9. The minimum Gasteiger partial charge on any atom is -0.378 e. The summed E-state index contributed by atoms with van der Waals surface area (Å²) < 4.78 is 16.6. The summed E-state index contributed by atoms with van der Waals surface area (Å²) in [6.07, 6.45) is 1.74. The number of hydrogen-bond acceptors (Lipinski definition) is 4. The number of nitrogens with zero attached hydrogens (tertiary/aromatic N) is 3. The predicted octanol–water partition coefficient (Wildman–Crippen LogP) is 2.46. The summed E-state index contributed by atoms with van der Waals surface area (Å²) >= 11 is 0. The van der Waals surface area contributed by atoms with Crippen molar-refractivity contribution in [1.29, 1.82) is 0 Å². The highest BCUT2D eigenvalue weighted by Gasteiger charge is 2.17. The molecule has 138 valence electrons. The maximum Gasteiger partial charge on any atom is 0.330 e. The molecule has 26 heavy (non-hydrogen) atoms. The van der Waals surface area contributed by atoms with Gasteiger partial charge in [0.05, 0.1) is 6.54 Å². The number of H-pyrrole nitrogens is 1. The molecule has 1 aromatic carbocycles. The summed E-state index contributed by atoms with van der Waals surface area (Å²) in [7, 11) is 0. The third-order valence-corrected chi connectivity index (χ3v) is 4.29. The van der Waals surface area contributed by atoms with Crippen LogP contribution in [0.25, 0.3) is 11.2 Å². The van der Waals surface area contributed by atoms with Crippen LogP contribution in [0, 0.1) is 5.82 Å². The molecule has 0 unspecified atom stereocenters. The molecule has 0 aliphatic carbocycles. The summed E-state index contributed by atoms with van der Waals surface area (Å²) in [5, 5.41) is 3.11. The molecule has 2 N–H and O–H groups in total. The lowest BCUT2D eigenvalue weighted by atomic mass is 10.3. The van der Waals surface area contributed by atoms with E-state index in [-0.39, 0.29) is 5.82 Å². The molecule has 0 saturated heterocycles. The largest absolute Gasteiger partial charge is 0.378 e. The van der Waals surface area contributed by atoms with E-state index in [2.05, 4.69) is 15.3 Å². The number of unbranched alkanes of at least 4 members (excludes halogenated alkanes) is 1. The van der Waals surface area contributed by atoms with Crippen molar-refractivity contribution in [3.8, 4) is 0 Å². The fourth-order valence-electron chi connectivity index (χ4n) is 3.00. The van der Waals surface area contributed by atoms with E-state index < -0.39 is 11.2 Å². The van der Waals surface area contributed by atoms with Gasteiger partial charge in [-0.05, 0) is 31.5 Å². The summed E-state index contributed by atoms with van der Waals surface area (Å²) in [4.78, 5) is 31.5. The van der Waals surface area contributed by atoms with Crippen molar-refractivity contribution < 1.29 is 4.39 Å². The standard InChI is InChI=1S/C18H22FN5O2/c1-3-5-9-24-16-15(17(25)22-18(24)26)23(4-2)14(21-16)11-20-13-8-6-7-12(19)10-13/h6-8,10,20H,3-5,9,11H2,1-2H3,(H,22,25,26). The molecule has 3 aromatic rings. The molecule has 2 aromatic heterocycles. The quantitative estimate of drug-likeness (QED) is 0.679. The van der Waals surface area contributed by atoms with E-state index in [9.17, 15) is 14.0 Å². The van der Waals surface area contributed by atoms with Crippen LogP contribution in [0.15, 0.2) is 33.9 Å². The number of aryl methyl sites for hydroxylation is 2. The zero-order valence-corrected chi connectivity index (χ0v) is 14.9. The van der Waals surface area contributed by atoms with Crippen molar-refractivity contribution in [2.24, 2.45) is 0 Å². The van der Waals surface area contributed by atoms with Gasteiger partial charge < -0.3 is 9.88 Å². The van der Waals surface area contributed by atoms with Crippen molar-refractivity contribution in [3.63, 3.8) is 0 Å². The summed E-state index contributed by atoms with van der Waals surface area (Å²) in [5.74, 6) is 0.289. The van der Waals surface area contributed by atoms with Crippen molar-refractivity contribution in [2.45, 2.75) is 46.3 Å². The van der Waals surface area contributed by atoms with Gasteiger partial charge in [-0.1, -0.05) is 19.4 Å². The van der Waals surface area contributed by atoms with E-state index in [1.54, 1.807) is 16.7 Å². The molecular formula is C18H22FN5O2. The Morgan fingerprint density at radius 2 is 2.04 bits per heavy atom. The Morgan fingerprint density at radius 1 is 1.23 bits per heavy atom. The highest BCUT2D eigenvalue weighted by Crippen LogP contribution is 2.15. The topological polar surface area (TPSA) is 84.7 Å². The number of aromatic nitrogens is 4. The molecule has 0 aliphatic heterocycles. The Bertz CT molecular complexity index is 1030. The fraction of sp³-hybridized carbons (Fsp3) is 0.389. The molecular weight excluding hydrogens is 337 g/mol. The van der Waals surface area contributed by atoms with Gasteiger partial charge in [-0.15, -0.1) is 0 Å². The van der Waals surface area contributed by atoms with Crippen LogP contribution in [-0.4, -0.2) is 19.1 Å².